The Bertz CT molecular complexity index is 653. The molecular formula is C19H25NO2. The molecule has 0 atom stereocenters. The summed E-state index contributed by atoms with van der Waals surface area (Å²) in [7, 11) is 1.70. The SMILES string of the molecule is CCCc1ccc(OC)c(-c2cc(C(C)(C)C3CC3)on2)c1. The van der Waals surface area contributed by atoms with Crippen LogP contribution in [0.15, 0.2) is 28.8 Å². The van der Waals surface area contributed by atoms with Gasteiger partial charge in [-0.15, -0.1) is 0 Å². The average Bonchev–Trinajstić information content (AvgIpc) is 3.25. The molecule has 1 aromatic carbocycles. The van der Waals surface area contributed by atoms with Crippen molar-refractivity contribution >= 4 is 0 Å². The molecule has 0 N–H and O–H groups in total. The van der Waals surface area contributed by atoms with Gasteiger partial charge < -0.3 is 9.26 Å². The minimum absolute atomic E-state index is 0.0690. The molecule has 0 radical (unpaired) electrons. The minimum Gasteiger partial charge on any atom is -0.496 e. The molecule has 1 aliphatic rings. The van der Waals surface area contributed by atoms with Gasteiger partial charge in [0.2, 0.25) is 0 Å². The van der Waals surface area contributed by atoms with Crippen molar-refractivity contribution in [3.8, 4) is 17.0 Å². The summed E-state index contributed by atoms with van der Waals surface area (Å²) in [6.45, 7) is 6.69. The van der Waals surface area contributed by atoms with E-state index in [2.05, 4.69) is 44.1 Å². The van der Waals surface area contributed by atoms with Crippen molar-refractivity contribution in [1.29, 1.82) is 0 Å². The van der Waals surface area contributed by atoms with Crippen molar-refractivity contribution in [1.82, 2.24) is 5.16 Å². The highest BCUT2D eigenvalue weighted by atomic mass is 16.5. The third-order valence-corrected chi connectivity index (χ3v) is 4.82. The fraction of sp³-hybridized carbons (Fsp3) is 0.526. The fourth-order valence-corrected chi connectivity index (χ4v) is 3.11. The number of methoxy groups -OCH3 is 1. The molecule has 0 amide bonds. The molecule has 0 bridgehead atoms. The van der Waals surface area contributed by atoms with Crippen LogP contribution in [-0.2, 0) is 11.8 Å². The lowest BCUT2D eigenvalue weighted by atomic mass is 9.84. The summed E-state index contributed by atoms with van der Waals surface area (Å²) < 4.78 is 11.2. The third kappa shape index (κ3) is 2.77. The number of hydrogen-bond donors (Lipinski definition) is 0. The Morgan fingerprint density at radius 1 is 1.27 bits per heavy atom. The van der Waals surface area contributed by atoms with Gasteiger partial charge in [-0.05, 0) is 42.9 Å². The van der Waals surface area contributed by atoms with Crippen molar-refractivity contribution in [3.63, 3.8) is 0 Å². The zero-order valence-electron chi connectivity index (χ0n) is 14.0. The molecule has 0 saturated heterocycles. The van der Waals surface area contributed by atoms with Gasteiger partial charge in [0.25, 0.3) is 0 Å². The van der Waals surface area contributed by atoms with Crippen LogP contribution in [0.1, 0.15) is 51.4 Å². The van der Waals surface area contributed by atoms with Gasteiger partial charge in [-0.25, -0.2) is 0 Å². The van der Waals surface area contributed by atoms with Crippen LogP contribution in [0.25, 0.3) is 11.3 Å². The van der Waals surface area contributed by atoms with Crippen molar-refractivity contribution in [2.45, 2.75) is 51.9 Å². The Morgan fingerprint density at radius 2 is 2.05 bits per heavy atom. The molecule has 0 unspecified atom stereocenters. The van der Waals surface area contributed by atoms with E-state index in [0.29, 0.717) is 0 Å². The molecule has 118 valence electrons. The van der Waals surface area contributed by atoms with Crippen LogP contribution in [0.5, 0.6) is 5.75 Å². The molecular weight excluding hydrogens is 274 g/mol. The number of benzene rings is 1. The molecule has 0 spiro atoms. The van der Waals surface area contributed by atoms with E-state index in [1.54, 1.807) is 7.11 Å². The highest BCUT2D eigenvalue weighted by Gasteiger charge is 2.41. The zero-order valence-corrected chi connectivity index (χ0v) is 14.0. The molecule has 1 heterocycles. The smallest absolute Gasteiger partial charge is 0.143 e. The number of rotatable bonds is 6. The van der Waals surface area contributed by atoms with Gasteiger partial charge in [0.15, 0.2) is 0 Å². The molecule has 22 heavy (non-hydrogen) atoms. The molecule has 3 nitrogen and oxygen atoms in total. The monoisotopic (exact) mass is 299 g/mol. The molecule has 2 aromatic rings. The van der Waals surface area contributed by atoms with E-state index in [-0.39, 0.29) is 5.41 Å². The van der Waals surface area contributed by atoms with E-state index in [1.165, 1.54) is 18.4 Å². The summed E-state index contributed by atoms with van der Waals surface area (Å²) in [5, 5.41) is 4.32. The number of aryl methyl sites for hydroxylation is 1. The number of hydrogen-bond acceptors (Lipinski definition) is 3. The molecule has 0 aliphatic heterocycles. The summed E-state index contributed by atoms with van der Waals surface area (Å²) in [6, 6.07) is 8.42. The lowest BCUT2D eigenvalue weighted by Gasteiger charge is -2.19. The summed E-state index contributed by atoms with van der Waals surface area (Å²) in [4.78, 5) is 0. The predicted octanol–water partition coefficient (Wildman–Crippen LogP) is 4.99. The lowest BCUT2D eigenvalue weighted by molar-refractivity contribution is 0.294. The van der Waals surface area contributed by atoms with Crippen molar-refractivity contribution in [2.75, 3.05) is 7.11 Å². The third-order valence-electron chi connectivity index (χ3n) is 4.82. The van der Waals surface area contributed by atoms with Crippen molar-refractivity contribution < 1.29 is 9.26 Å². The second-order valence-corrected chi connectivity index (χ2v) is 6.86. The molecule has 1 saturated carbocycles. The fourth-order valence-electron chi connectivity index (χ4n) is 3.11. The Kier molecular flexibility index (Phi) is 3.98. The zero-order chi connectivity index (χ0) is 15.7. The maximum atomic E-state index is 5.68. The van der Waals surface area contributed by atoms with Crippen molar-refractivity contribution in [2.24, 2.45) is 5.92 Å². The van der Waals surface area contributed by atoms with Crippen molar-refractivity contribution in [3.05, 3.63) is 35.6 Å². The topological polar surface area (TPSA) is 35.3 Å². The highest BCUT2D eigenvalue weighted by Crippen LogP contribution is 2.47. The van der Waals surface area contributed by atoms with Crippen LogP contribution in [0.4, 0.5) is 0 Å². The number of aromatic nitrogens is 1. The Labute approximate surface area is 132 Å². The van der Waals surface area contributed by atoms with Gasteiger partial charge in [0.1, 0.15) is 17.2 Å². The first-order valence-corrected chi connectivity index (χ1v) is 8.20. The van der Waals surface area contributed by atoms with Gasteiger partial charge >= 0.3 is 0 Å². The van der Waals surface area contributed by atoms with E-state index in [9.17, 15) is 0 Å². The first kappa shape index (κ1) is 15.1. The maximum Gasteiger partial charge on any atom is 0.143 e. The van der Waals surface area contributed by atoms with E-state index in [1.807, 2.05) is 6.07 Å². The minimum atomic E-state index is 0.0690. The van der Waals surface area contributed by atoms with Crippen LogP contribution in [0.3, 0.4) is 0 Å². The standard InChI is InChI=1S/C19H25NO2/c1-5-6-13-7-10-17(21-4)15(11-13)16-12-18(22-20-16)19(2,3)14-8-9-14/h7,10-12,14H,5-6,8-9H2,1-4H3. The second kappa shape index (κ2) is 5.79. The summed E-state index contributed by atoms with van der Waals surface area (Å²) in [6.07, 6.45) is 4.77. The first-order chi connectivity index (χ1) is 10.6. The van der Waals surface area contributed by atoms with Gasteiger partial charge in [0.05, 0.1) is 7.11 Å². The largest absolute Gasteiger partial charge is 0.496 e. The van der Waals surface area contributed by atoms with E-state index >= 15 is 0 Å². The van der Waals surface area contributed by atoms with Crippen LogP contribution >= 0.6 is 0 Å². The van der Waals surface area contributed by atoms with Crippen LogP contribution in [-0.4, -0.2) is 12.3 Å². The first-order valence-electron chi connectivity index (χ1n) is 8.20. The molecule has 1 fully saturated rings. The average molecular weight is 299 g/mol. The maximum absolute atomic E-state index is 5.68. The van der Waals surface area contributed by atoms with Crippen LogP contribution in [0, 0.1) is 5.92 Å². The second-order valence-electron chi connectivity index (χ2n) is 6.86. The highest BCUT2D eigenvalue weighted by molar-refractivity contribution is 5.68. The van der Waals surface area contributed by atoms with Crippen LogP contribution < -0.4 is 4.74 Å². The van der Waals surface area contributed by atoms with Gasteiger partial charge in [-0.3, -0.25) is 0 Å². The quantitative estimate of drug-likeness (QED) is 0.753. The van der Waals surface area contributed by atoms with E-state index in [4.69, 9.17) is 9.26 Å². The van der Waals surface area contributed by atoms with Gasteiger partial charge in [-0.1, -0.05) is 38.4 Å². The summed E-state index contributed by atoms with van der Waals surface area (Å²) in [5.74, 6) is 2.55. The van der Waals surface area contributed by atoms with Gasteiger partial charge in [-0.2, -0.15) is 0 Å². The number of ether oxygens (including phenoxy) is 1. The Balaban J connectivity index is 1.96. The lowest BCUT2D eigenvalue weighted by Crippen LogP contribution is -2.18. The normalized spacial score (nSPS) is 15.1. The molecule has 3 heteroatoms. The Morgan fingerprint density at radius 3 is 2.68 bits per heavy atom. The summed E-state index contributed by atoms with van der Waals surface area (Å²) in [5.41, 5.74) is 3.28. The summed E-state index contributed by atoms with van der Waals surface area (Å²) >= 11 is 0. The molecule has 1 aromatic heterocycles. The molecule has 1 aliphatic carbocycles. The Hall–Kier alpha value is -1.77. The van der Waals surface area contributed by atoms with Gasteiger partial charge in [0, 0.05) is 17.0 Å². The molecule has 3 rings (SSSR count). The van der Waals surface area contributed by atoms with Crippen LogP contribution in [0.2, 0.25) is 0 Å². The predicted molar refractivity (Wildman–Crippen MR) is 88.2 cm³/mol. The van der Waals surface area contributed by atoms with E-state index in [0.717, 1.165) is 41.5 Å². The number of nitrogens with zero attached hydrogens (tertiary/aromatic N) is 1. The van der Waals surface area contributed by atoms with E-state index < -0.39 is 0 Å².